The summed E-state index contributed by atoms with van der Waals surface area (Å²) in [6.07, 6.45) is 5.33. The van der Waals surface area contributed by atoms with Crippen LogP contribution in [0.4, 0.5) is 0 Å². The molecule has 3 aliphatic carbocycles. The molecule has 3 saturated carbocycles. The van der Waals surface area contributed by atoms with Crippen molar-refractivity contribution in [2.24, 2.45) is 10.8 Å². The minimum atomic E-state index is -0.103. The van der Waals surface area contributed by atoms with Crippen LogP contribution in [0.2, 0.25) is 0 Å². The Labute approximate surface area is 160 Å². The van der Waals surface area contributed by atoms with E-state index in [4.69, 9.17) is 9.47 Å². The first-order chi connectivity index (χ1) is 13.1. The molecule has 2 unspecified atom stereocenters. The monoisotopic (exact) mass is 362 g/mol. The first-order valence-electron chi connectivity index (χ1n) is 9.96. The minimum absolute atomic E-state index is 0.103. The molecule has 140 valence electrons. The quantitative estimate of drug-likeness (QED) is 0.759. The summed E-state index contributed by atoms with van der Waals surface area (Å²) in [6.45, 7) is 0. The summed E-state index contributed by atoms with van der Waals surface area (Å²) < 4.78 is 10.5. The molecule has 0 N–H and O–H groups in total. The Bertz CT molecular complexity index is 798. The van der Waals surface area contributed by atoms with E-state index in [1.54, 1.807) is 14.2 Å². The average Bonchev–Trinajstić information content (AvgIpc) is 3.62. The van der Waals surface area contributed by atoms with Gasteiger partial charge in [0.05, 0.1) is 14.2 Å². The van der Waals surface area contributed by atoms with Crippen molar-refractivity contribution in [1.29, 1.82) is 0 Å². The maximum atomic E-state index is 13.7. The normalized spacial score (nSPS) is 33.9. The molecule has 0 saturated heterocycles. The number of ketones is 1. The lowest BCUT2D eigenvalue weighted by molar-refractivity contribution is -0.132. The zero-order chi connectivity index (χ0) is 18.6. The van der Waals surface area contributed by atoms with E-state index in [-0.39, 0.29) is 10.8 Å². The molecule has 4 atom stereocenters. The number of carbonyl (C=O) groups excluding carboxylic acids is 1. The molecule has 3 fully saturated rings. The molecule has 2 spiro atoms. The predicted octanol–water partition coefficient (Wildman–Crippen LogP) is 5.10. The van der Waals surface area contributed by atoms with Crippen LogP contribution < -0.4 is 9.47 Å². The summed E-state index contributed by atoms with van der Waals surface area (Å²) in [5.74, 6) is 3.08. The van der Waals surface area contributed by atoms with Gasteiger partial charge in [-0.25, -0.2) is 0 Å². The number of carbonyl (C=O) groups is 1. The Hall–Kier alpha value is -2.29. The van der Waals surface area contributed by atoms with Crippen molar-refractivity contribution in [3.63, 3.8) is 0 Å². The van der Waals surface area contributed by atoms with Gasteiger partial charge in [0.15, 0.2) is 0 Å². The minimum Gasteiger partial charge on any atom is -0.497 e. The van der Waals surface area contributed by atoms with E-state index >= 15 is 0 Å². The second kappa shape index (κ2) is 5.85. The van der Waals surface area contributed by atoms with Gasteiger partial charge in [0.1, 0.15) is 17.3 Å². The van der Waals surface area contributed by atoms with Gasteiger partial charge in [-0.2, -0.15) is 0 Å². The Kier molecular flexibility index (Phi) is 3.65. The second-order valence-electron chi connectivity index (χ2n) is 8.55. The fourth-order valence-electron chi connectivity index (χ4n) is 5.65. The number of hydrogen-bond donors (Lipinski definition) is 0. The lowest BCUT2D eigenvalue weighted by Crippen LogP contribution is -2.33. The Morgan fingerprint density at radius 1 is 0.741 bits per heavy atom. The summed E-state index contributed by atoms with van der Waals surface area (Å²) in [6, 6.07) is 16.6. The molecular weight excluding hydrogens is 336 g/mol. The molecule has 0 radical (unpaired) electrons. The highest BCUT2D eigenvalue weighted by Crippen LogP contribution is 2.75. The summed E-state index contributed by atoms with van der Waals surface area (Å²) in [5, 5.41) is 0. The lowest BCUT2D eigenvalue weighted by Gasteiger charge is -2.30. The van der Waals surface area contributed by atoms with E-state index in [1.807, 2.05) is 24.3 Å². The van der Waals surface area contributed by atoms with Crippen LogP contribution in [0.5, 0.6) is 11.5 Å². The highest BCUT2D eigenvalue weighted by Gasteiger charge is 2.72. The number of rotatable bonds is 4. The van der Waals surface area contributed by atoms with Crippen LogP contribution in [0.1, 0.15) is 55.1 Å². The Morgan fingerprint density at radius 2 is 1.15 bits per heavy atom. The largest absolute Gasteiger partial charge is 0.497 e. The molecular formula is C24H26O3. The van der Waals surface area contributed by atoms with Crippen molar-refractivity contribution in [1.82, 2.24) is 0 Å². The van der Waals surface area contributed by atoms with Crippen molar-refractivity contribution in [2.45, 2.75) is 43.9 Å². The number of methoxy groups -OCH3 is 2. The summed E-state index contributed by atoms with van der Waals surface area (Å²) >= 11 is 0. The smallest absolute Gasteiger partial charge is 0.146 e. The van der Waals surface area contributed by atoms with Gasteiger partial charge in [0, 0.05) is 10.8 Å². The number of hydrogen-bond acceptors (Lipinski definition) is 3. The van der Waals surface area contributed by atoms with Crippen molar-refractivity contribution in [3.05, 3.63) is 59.7 Å². The summed E-state index contributed by atoms with van der Waals surface area (Å²) in [7, 11) is 3.38. The van der Waals surface area contributed by atoms with E-state index in [9.17, 15) is 4.79 Å². The molecule has 0 aliphatic heterocycles. The maximum Gasteiger partial charge on any atom is 0.146 e. The lowest BCUT2D eigenvalue weighted by atomic mass is 9.72. The van der Waals surface area contributed by atoms with E-state index in [2.05, 4.69) is 24.3 Å². The predicted molar refractivity (Wildman–Crippen MR) is 104 cm³/mol. The SMILES string of the molecule is COc1ccc(C2C[C@]23CCC[C@@]2(CC2c2ccc(OC)cc2)C3=O)cc1. The topological polar surface area (TPSA) is 35.5 Å². The Morgan fingerprint density at radius 3 is 1.52 bits per heavy atom. The van der Waals surface area contributed by atoms with E-state index in [1.165, 1.54) is 17.5 Å². The van der Waals surface area contributed by atoms with Crippen LogP contribution in [-0.4, -0.2) is 20.0 Å². The summed E-state index contributed by atoms with van der Waals surface area (Å²) in [4.78, 5) is 13.7. The van der Waals surface area contributed by atoms with Gasteiger partial charge in [-0.3, -0.25) is 4.79 Å². The molecule has 3 nitrogen and oxygen atoms in total. The molecule has 0 aromatic heterocycles. The zero-order valence-corrected chi connectivity index (χ0v) is 16.0. The maximum absolute atomic E-state index is 13.7. The number of benzene rings is 2. The van der Waals surface area contributed by atoms with Crippen molar-refractivity contribution < 1.29 is 14.3 Å². The average molecular weight is 362 g/mol. The van der Waals surface area contributed by atoms with E-state index in [0.29, 0.717) is 17.6 Å². The molecule has 0 heterocycles. The molecule has 5 rings (SSSR count). The third kappa shape index (κ3) is 2.44. The number of Topliss-reactive ketones (excluding diaryl/α,β-unsaturated/α-hetero) is 1. The van der Waals surface area contributed by atoms with Gasteiger partial charge in [-0.15, -0.1) is 0 Å². The zero-order valence-electron chi connectivity index (χ0n) is 16.0. The first kappa shape index (κ1) is 16.9. The van der Waals surface area contributed by atoms with Crippen LogP contribution in [0.15, 0.2) is 48.5 Å². The first-order valence-corrected chi connectivity index (χ1v) is 9.96. The van der Waals surface area contributed by atoms with Gasteiger partial charge >= 0.3 is 0 Å². The molecule has 2 aromatic carbocycles. The molecule has 2 aromatic rings. The van der Waals surface area contributed by atoms with Gasteiger partial charge in [-0.05, 0) is 72.9 Å². The van der Waals surface area contributed by atoms with Crippen LogP contribution in [0, 0.1) is 10.8 Å². The summed E-state index contributed by atoms with van der Waals surface area (Å²) in [5.41, 5.74) is 2.38. The molecule has 3 heteroatoms. The third-order valence-electron chi connectivity index (χ3n) is 7.34. The van der Waals surface area contributed by atoms with Gasteiger partial charge in [0.2, 0.25) is 0 Å². The molecule has 0 amide bonds. The van der Waals surface area contributed by atoms with Gasteiger partial charge in [-0.1, -0.05) is 30.7 Å². The van der Waals surface area contributed by atoms with Crippen LogP contribution in [0.3, 0.4) is 0 Å². The Balaban J connectivity index is 1.37. The fraction of sp³-hybridized carbons (Fsp3) is 0.458. The van der Waals surface area contributed by atoms with Crippen LogP contribution >= 0.6 is 0 Å². The van der Waals surface area contributed by atoms with Crippen LogP contribution in [-0.2, 0) is 4.79 Å². The fourth-order valence-corrected chi connectivity index (χ4v) is 5.65. The van der Waals surface area contributed by atoms with Gasteiger partial charge in [0.25, 0.3) is 0 Å². The highest BCUT2D eigenvalue weighted by atomic mass is 16.5. The standard InChI is InChI=1S/C24H26O3/c1-26-18-8-4-16(5-9-18)20-14-23(20)12-3-13-24(22(23)25)15-21(24)17-6-10-19(27-2)11-7-17/h4-11,20-21H,3,12-15H2,1-2H3/t20?,21?,23-,24+. The highest BCUT2D eigenvalue weighted by molar-refractivity contribution is 5.98. The van der Waals surface area contributed by atoms with Gasteiger partial charge < -0.3 is 9.47 Å². The van der Waals surface area contributed by atoms with Crippen molar-refractivity contribution >= 4 is 5.78 Å². The van der Waals surface area contributed by atoms with E-state index < -0.39 is 0 Å². The molecule has 27 heavy (non-hydrogen) atoms. The second-order valence-corrected chi connectivity index (χ2v) is 8.55. The molecule has 3 aliphatic rings. The number of ether oxygens (including phenoxy) is 2. The van der Waals surface area contributed by atoms with E-state index in [0.717, 1.165) is 37.2 Å². The molecule has 0 bridgehead atoms. The van der Waals surface area contributed by atoms with Crippen molar-refractivity contribution in [3.8, 4) is 11.5 Å². The van der Waals surface area contributed by atoms with Crippen LogP contribution in [0.25, 0.3) is 0 Å². The third-order valence-corrected chi connectivity index (χ3v) is 7.34. The van der Waals surface area contributed by atoms with Crippen molar-refractivity contribution in [2.75, 3.05) is 14.2 Å².